The summed E-state index contributed by atoms with van der Waals surface area (Å²) in [6.45, 7) is 7.61. The maximum Gasteiger partial charge on any atom is 0.256 e. The van der Waals surface area contributed by atoms with Crippen molar-refractivity contribution in [2.45, 2.75) is 39.5 Å². The molecule has 7 nitrogen and oxygen atoms in total. The highest BCUT2D eigenvalue weighted by molar-refractivity contribution is 5.42. The third-order valence-corrected chi connectivity index (χ3v) is 3.12. The van der Waals surface area contributed by atoms with E-state index in [1.807, 2.05) is 0 Å². The van der Waals surface area contributed by atoms with Gasteiger partial charge in [0.15, 0.2) is 0 Å². The van der Waals surface area contributed by atoms with Gasteiger partial charge in [-0.25, -0.2) is 5.06 Å². The molecule has 0 unspecified atom stereocenters. The molecule has 2 N–H and O–H groups in total. The maximum absolute atomic E-state index is 5.83. The fourth-order valence-electron chi connectivity index (χ4n) is 2.23. The van der Waals surface area contributed by atoms with Crippen molar-refractivity contribution in [3.05, 3.63) is 0 Å². The number of nitrogen functional groups attached to an aromatic ring is 1. The first-order valence-electron chi connectivity index (χ1n) is 7.41. The summed E-state index contributed by atoms with van der Waals surface area (Å²) in [6.07, 6.45) is 4.23. The minimum atomic E-state index is 0.247. The van der Waals surface area contributed by atoms with E-state index in [0.717, 1.165) is 45.3 Å². The lowest BCUT2D eigenvalue weighted by Gasteiger charge is -2.27. The summed E-state index contributed by atoms with van der Waals surface area (Å²) >= 11 is 0. The minimum Gasteiger partial charge on any atom is -0.368 e. The van der Waals surface area contributed by atoms with Crippen molar-refractivity contribution in [1.82, 2.24) is 15.0 Å². The molecule has 0 amide bonds. The van der Waals surface area contributed by atoms with E-state index in [1.165, 1.54) is 0 Å². The van der Waals surface area contributed by atoms with Crippen molar-refractivity contribution in [2.24, 2.45) is 0 Å². The van der Waals surface area contributed by atoms with Crippen molar-refractivity contribution in [1.29, 1.82) is 0 Å². The van der Waals surface area contributed by atoms with Crippen LogP contribution in [0.5, 0.6) is 0 Å². The van der Waals surface area contributed by atoms with E-state index in [9.17, 15) is 0 Å². The average Bonchev–Trinajstić information content (AvgIpc) is 2.47. The molecule has 1 aliphatic heterocycles. The Bertz CT molecular complexity index is 415. The highest BCUT2D eigenvalue weighted by Gasteiger charge is 2.18. The van der Waals surface area contributed by atoms with Crippen molar-refractivity contribution >= 4 is 17.8 Å². The lowest BCUT2D eigenvalue weighted by molar-refractivity contribution is 0.0743. The molecule has 1 aliphatic rings. The molecule has 1 aromatic rings. The summed E-state index contributed by atoms with van der Waals surface area (Å²) in [5.41, 5.74) is 5.83. The van der Waals surface area contributed by atoms with E-state index in [0.29, 0.717) is 18.5 Å². The lowest BCUT2D eigenvalue weighted by Crippen LogP contribution is -2.33. The van der Waals surface area contributed by atoms with Gasteiger partial charge >= 0.3 is 0 Å². The molecule has 0 saturated carbocycles. The molecule has 0 aromatic carbocycles. The highest BCUT2D eigenvalue weighted by Crippen LogP contribution is 2.18. The predicted octanol–water partition coefficient (Wildman–Crippen LogP) is 1.61. The van der Waals surface area contributed by atoms with Gasteiger partial charge in [-0.05, 0) is 25.7 Å². The number of hydrogen-bond acceptors (Lipinski definition) is 7. The smallest absolute Gasteiger partial charge is 0.256 e. The second kappa shape index (κ2) is 7.23. The van der Waals surface area contributed by atoms with Crippen LogP contribution in [0, 0.1) is 0 Å². The maximum atomic E-state index is 5.83. The third kappa shape index (κ3) is 3.69. The molecular formula is C13H24N6O. The first kappa shape index (κ1) is 14.8. The number of rotatable bonds is 6. The van der Waals surface area contributed by atoms with Gasteiger partial charge in [-0.2, -0.15) is 15.0 Å². The van der Waals surface area contributed by atoms with Gasteiger partial charge in [0.05, 0.1) is 6.61 Å². The van der Waals surface area contributed by atoms with Crippen LogP contribution < -0.4 is 15.7 Å². The van der Waals surface area contributed by atoms with Gasteiger partial charge in [0.2, 0.25) is 11.9 Å². The minimum absolute atomic E-state index is 0.247. The Kier molecular flexibility index (Phi) is 5.34. The van der Waals surface area contributed by atoms with Gasteiger partial charge in [0.1, 0.15) is 0 Å². The molecule has 1 saturated heterocycles. The van der Waals surface area contributed by atoms with Crippen LogP contribution in [-0.2, 0) is 4.84 Å². The van der Waals surface area contributed by atoms with Crippen LogP contribution in [0.1, 0.15) is 39.5 Å². The molecule has 112 valence electrons. The summed E-state index contributed by atoms with van der Waals surface area (Å²) in [5.74, 6) is 1.41. The molecule has 0 bridgehead atoms. The fraction of sp³-hybridized carbons (Fsp3) is 0.769. The van der Waals surface area contributed by atoms with Crippen molar-refractivity contribution < 1.29 is 4.84 Å². The molecule has 2 rings (SSSR count). The quantitative estimate of drug-likeness (QED) is 0.847. The van der Waals surface area contributed by atoms with Crippen LogP contribution in [0.2, 0.25) is 0 Å². The molecule has 1 fully saturated rings. The Morgan fingerprint density at radius 3 is 2.50 bits per heavy atom. The number of nitrogens with zero attached hydrogens (tertiary/aromatic N) is 5. The second-order valence-corrected chi connectivity index (χ2v) is 4.92. The molecule has 2 heterocycles. The lowest BCUT2D eigenvalue weighted by atomic mass is 10.3. The molecule has 20 heavy (non-hydrogen) atoms. The largest absolute Gasteiger partial charge is 0.368 e. The number of anilines is 3. The zero-order chi connectivity index (χ0) is 14.4. The SMILES string of the molecule is CCCN(CCC)c1nc(N)nc(N2CCCCO2)n1. The van der Waals surface area contributed by atoms with Crippen LogP contribution in [0.3, 0.4) is 0 Å². The van der Waals surface area contributed by atoms with Crippen LogP contribution in [0.4, 0.5) is 17.8 Å². The second-order valence-electron chi connectivity index (χ2n) is 4.92. The van der Waals surface area contributed by atoms with E-state index in [4.69, 9.17) is 10.6 Å². The average molecular weight is 280 g/mol. The predicted molar refractivity (Wildman–Crippen MR) is 79.6 cm³/mol. The van der Waals surface area contributed by atoms with Gasteiger partial charge in [-0.1, -0.05) is 13.8 Å². The first-order chi connectivity index (χ1) is 9.74. The Hall–Kier alpha value is -1.63. The number of nitrogens with two attached hydrogens (primary N) is 1. The van der Waals surface area contributed by atoms with E-state index < -0.39 is 0 Å². The van der Waals surface area contributed by atoms with Crippen molar-refractivity contribution in [3.8, 4) is 0 Å². The number of hydroxylamine groups is 1. The van der Waals surface area contributed by atoms with Crippen LogP contribution in [0.15, 0.2) is 0 Å². The zero-order valence-electron chi connectivity index (χ0n) is 12.4. The van der Waals surface area contributed by atoms with E-state index in [2.05, 4.69) is 33.7 Å². The van der Waals surface area contributed by atoms with Crippen LogP contribution in [0.25, 0.3) is 0 Å². The summed E-state index contributed by atoms with van der Waals surface area (Å²) < 4.78 is 0. The number of hydrogen-bond donors (Lipinski definition) is 1. The van der Waals surface area contributed by atoms with Gasteiger partial charge in [0, 0.05) is 19.6 Å². The topological polar surface area (TPSA) is 80.4 Å². The third-order valence-electron chi connectivity index (χ3n) is 3.12. The molecule has 1 aromatic heterocycles. The standard InChI is InChI=1S/C13H24N6O/c1-3-7-18(8-4-2)12-15-11(14)16-13(17-12)19-9-5-6-10-20-19/h3-10H2,1-2H3,(H2,14,15,16,17). The Balaban J connectivity index is 2.21. The zero-order valence-corrected chi connectivity index (χ0v) is 12.4. The van der Waals surface area contributed by atoms with Gasteiger partial charge < -0.3 is 10.6 Å². The fourth-order valence-corrected chi connectivity index (χ4v) is 2.23. The molecule has 0 atom stereocenters. The highest BCUT2D eigenvalue weighted by atomic mass is 16.7. The molecular weight excluding hydrogens is 256 g/mol. The van der Waals surface area contributed by atoms with Gasteiger partial charge in [-0.3, -0.25) is 4.84 Å². The summed E-state index contributed by atoms with van der Waals surface area (Å²) in [4.78, 5) is 20.7. The van der Waals surface area contributed by atoms with Crippen molar-refractivity contribution in [3.63, 3.8) is 0 Å². The summed E-state index contributed by atoms with van der Waals surface area (Å²) in [5, 5.41) is 1.72. The van der Waals surface area contributed by atoms with Crippen LogP contribution in [-0.4, -0.2) is 41.2 Å². The molecule has 0 radical (unpaired) electrons. The van der Waals surface area contributed by atoms with E-state index in [-0.39, 0.29) is 5.95 Å². The van der Waals surface area contributed by atoms with Gasteiger partial charge in [-0.15, -0.1) is 0 Å². The monoisotopic (exact) mass is 280 g/mol. The number of aromatic nitrogens is 3. The summed E-state index contributed by atoms with van der Waals surface area (Å²) in [6, 6.07) is 0. The molecule has 7 heteroatoms. The van der Waals surface area contributed by atoms with Crippen LogP contribution >= 0.6 is 0 Å². The van der Waals surface area contributed by atoms with E-state index >= 15 is 0 Å². The molecule has 0 spiro atoms. The summed E-state index contributed by atoms with van der Waals surface area (Å²) in [7, 11) is 0. The Labute approximate surface area is 120 Å². The Morgan fingerprint density at radius 2 is 1.90 bits per heavy atom. The van der Waals surface area contributed by atoms with Gasteiger partial charge in [0.25, 0.3) is 5.95 Å². The van der Waals surface area contributed by atoms with E-state index in [1.54, 1.807) is 5.06 Å². The molecule has 0 aliphatic carbocycles. The Morgan fingerprint density at radius 1 is 1.15 bits per heavy atom. The first-order valence-corrected chi connectivity index (χ1v) is 7.41. The normalized spacial score (nSPS) is 15.4. The van der Waals surface area contributed by atoms with Crippen molar-refractivity contribution in [2.75, 3.05) is 41.9 Å².